The van der Waals surface area contributed by atoms with Crippen LogP contribution in [0.3, 0.4) is 0 Å². The Morgan fingerprint density at radius 3 is 2.90 bits per heavy atom. The highest BCUT2D eigenvalue weighted by Crippen LogP contribution is 2.26. The Kier molecular flexibility index (Phi) is 7.32. The van der Waals surface area contributed by atoms with Crippen molar-refractivity contribution < 1.29 is 14.3 Å². The lowest BCUT2D eigenvalue weighted by atomic mass is 9.97. The Hall–Kier alpha value is -3.31. The van der Waals surface area contributed by atoms with E-state index in [4.69, 9.17) is 16.3 Å². The van der Waals surface area contributed by atoms with Crippen LogP contribution in [-0.4, -0.2) is 53.2 Å². The molecule has 2 amide bonds. The Morgan fingerprint density at radius 2 is 2.23 bits per heavy atom. The van der Waals surface area contributed by atoms with E-state index in [1.165, 1.54) is 13.2 Å². The third kappa shape index (κ3) is 5.44. The molecule has 1 aromatic carbocycles. The van der Waals surface area contributed by atoms with E-state index in [1.54, 1.807) is 47.1 Å². The molecule has 2 heterocycles. The summed E-state index contributed by atoms with van der Waals surface area (Å²) in [5.74, 6) is -0.0277. The molecule has 1 unspecified atom stereocenters. The summed E-state index contributed by atoms with van der Waals surface area (Å²) in [5.41, 5.74) is 1.10. The zero-order chi connectivity index (χ0) is 22.4. The van der Waals surface area contributed by atoms with Crippen LogP contribution in [0.25, 0.3) is 6.08 Å². The number of rotatable bonds is 6. The van der Waals surface area contributed by atoms with Crippen molar-refractivity contribution in [3.63, 3.8) is 0 Å². The molecule has 8 nitrogen and oxygen atoms in total. The standard InChI is InChI=1S/C22H24ClN5O3/c1-27-18(7-8-26-27)10-16(12-24)21(29)25-13-15-4-3-9-28(14-15)22(30)19-11-17(23)5-6-20(19)31-2/h5-8,10-11,15H,3-4,9,13-14H2,1-2H3,(H,25,29)/b16-10+. The van der Waals surface area contributed by atoms with Crippen molar-refractivity contribution in [1.82, 2.24) is 20.0 Å². The molecular weight excluding hydrogens is 418 g/mol. The van der Waals surface area contributed by atoms with Crippen LogP contribution in [0.2, 0.25) is 5.02 Å². The third-order valence-electron chi connectivity index (χ3n) is 5.27. The molecule has 1 saturated heterocycles. The Labute approximate surface area is 186 Å². The number of piperidine rings is 1. The Morgan fingerprint density at radius 1 is 1.42 bits per heavy atom. The number of aryl methyl sites for hydroxylation is 1. The van der Waals surface area contributed by atoms with Crippen LogP contribution in [-0.2, 0) is 11.8 Å². The van der Waals surface area contributed by atoms with Gasteiger partial charge < -0.3 is 15.0 Å². The fourth-order valence-corrected chi connectivity index (χ4v) is 3.76. The summed E-state index contributed by atoms with van der Waals surface area (Å²) >= 11 is 6.06. The molecule has 1 aliphatic rings. The molecule has 3 rings (SSSR count). The second kappa shape index (κ2) is 10.1. The van der Waals surface area contributed by atoms with Gasteiger partial charge in [0, 0.05) is 37.9 Å². The number of nitriles is 1. The van der Waals surface area contributed by atoms with Crippen molar-refractivity contribution in [3.8, 4) is 11.8 Å². The van der Waals surface area contributed by atoms with Gasteiger partial charge in [0.15, 0.2) is 0 Å². The van der Waals surface area contributed by atoms with Crippen LogP contribution in [0, 0.1) is 17.2 Å². The minimum Gasteiger partial charge on any atom is -0.496 e. The van der Waals surface area contributed by atoms with E-state index in [0.717, 1.165) is 12.8 Å². The van der Waals surface area contributed by atoms with Gasteiger partial charge in [0.05, 0.1) is 18.4 Å². The number of carbonyl (C=O) groups excluding carboxylic acids is 2. The number of aromatic nitrogens is 2. The van der Waals surface area contributed by atoms with Gasteiger partial charge in [0.2, 0.25) is 0 Å². The molecule has 0 aliphatic carbocycles. The highest BCUT2D eigenvalue weighted by Gasteiger charge is 2.27. The normalized spacial score (nSPS) is 16.5. The van der Waals surface area contributed by atoms with Crippen LogP contribution < -0.4 is 10.1 Å². The van der Waals surface area contributed by atoms with Gasteiger partial charge in [-0.1, -0.05) is 11.6 Å². The fraction of sp³-hybridized carbons (Fsp3) is 0.364. The molecule has 1 aromatic heterocycles. The molecule has 0 radical (unpaired) electrons. The summed E-state index contributed by atoms with van der Waals surface area (Å²) in [7, 11) is 3.25. The van der Waals surface area contributed by atoms with E-state index in [0.29, 0.717) is 41.7 Å². The van der Waals surface area contributed by atoms with Crippen LogP contribution >= 0.6 is 11.6 Å². The monoisotopic (exact) mass is 441 g/mol. The molecular formula is C22H24ClN5O3. The van der Waals surface area contributed by atoms with Crippen molar-refractivity contribution in [2.75, 3.05) is 26.7 Å². The van der Waals surface area contributed by atoms with Crippen LogP contribution in [0.15, 0.2) is 36.0 Å². The lowest BCUT2D eigenvalue weighted by Crippen LogP contribution is -2.44. The van der Waals surface area contributed by atoms with Crippen molar-refractivity contribution in [3.05, 3.63) is 52.3 Å². The summed E-state index contributed by atoms with van der Waals surface area (Å²) in [4.78, 5) is 27.2. The van der Waals surface area contributed by atoms with Crippen LogP contribution in [0.5, 0.6) is 5.75 Å². The Bertz CT molecular complexity index is 1040. The van der Waals surface area contributed by atoms with Gasteiger partial charge in [-0.15, -0.1) is 0 Å². The maximum absolute atomic E-state index is 13.0. The van der Waals surface area contributed by atoms with Crippen molar-refractivity contribution >= 4 is 29.5 Å². The molecule has 1 atom stereocenters. The van der Waals surface area contributed by atoms with E-state index >= 15 is 0 Å². The number of ether oxygens (including phenoxy) is 1. The van der Waals surface area contributed by atoms with E-state index in [2.05, 4.69) is 10.4 Å². The third-order valence-corrected chi connectivity index (χ3v) is 5.50. The smallest absolute Gasteiger partial charge is 0.262 e. The van der Waals surface area contributed by atoms with Crippen molar-refractivity contribution in [2.24, 2.45) is 13.0 Å². The molecule has 0 bridgehead atoms. The fourth-order valence-electron chi connectivity index (χ4n) is 3.59. The quantitative estimate of drug-likeness (QED) is 0.548. The number of carbonyl (C=O) groups is 2. The molecule has 162 valence electrons. The minimum absolute atomic E-state index is 0.0102. The van der Waals surface area contributed by atoms with Gasteiger partial charge in [-0.3, -0.25) is 14.3 Å². The maximum Gasteiger partial charge on any atom is 0.262 e. The predicted molar refractivity (Wildman–Crippen MR) is 116 cm³/mol. The minimum atomic E-state index is -0.441. The molecule has 0 spiro atoms. The van der Waals surface area contributed by atoms with Gasteiger partial charge >= 0.3 is 0 Å². The lowest BCUT2D eigenvalue weighted by Gasteiger charge is -2.33. The predicted octanol–water partition coefficient (Wildman–Crippen LogP) is 2.66. The summed E-state index contributed by atoms with van der Waals surface area (Å²) in [5, 5.41) is 16.7. The van der Waals surface area contributed by atoms with Gasteiger partial charge in [0.25, 0.3) is 11.8 Å². The van der Waals surface area contributed by atoms with E-state index in [9.17, 15) is 14.9 Å². The molecule has 1 aliphatic heterocycles. The van der Waals surface area contributed by atoms with Gasteiger partial charge in [-0.25, -0.2) is 0 Å². The van der Waals surface area contributed by atoms with Crippen molar-refractivity contribution in [2.45, 2.75) is 12.8 Å². The highest BCUT2D eigenvalue weighted by molar-refractivity contribution is 6.31. The molecule has 1 N–H and O–H groups in total. The van der Waals surface area contributed by atoms with Gasteiger partial charge in [-0.05, 0) is 49.1 Å². The average molecular weight is 442 g/mol. The van der Waals surface area contributed by atoms with Crippen LogP contribution in [0.1, 0.15) is 28.9 Å². The first-order chi connectivity index (χ1) is 14.9. The number of nitrogens with one attached hydrogen (secondary N) is 1. The second-order valence-corrected chi connectivity index (χ2v) is 7.80. The topological polar surface area (TPSA) is 100 Å². The first-order valence-corrected chi connectivity index (χ1v) is 10.3. The molecule has 0 saturated carbocycles. The first-order valence-electron chi connectivity index (χ1n) is 9.93. The average Bonchev–Trinajstić information content (AvgIpc) is 3.19. The van der Waals surface area contributed by atoms with Crippen LogP contribution in [0.4, 0.5) is 0 Å². The molecule has 31 heavy (non-hydrogen) atoms. The largest absolute Gasteiger partial charge is 0.496 e. The SMILES string of the molecule is COc1ccc(Cl)cc1C(=O)N1CCCC(CNC(=O)/C(C#N)=C/c2ccnn2C)C1. The molecule has 2 aromatic rings. The number of methoxy groups -OCH3 is 1. The van der Waals surface area contributed by atoms with E-state index in [-0.39, 0.29) is 17.4 Å². The van der Waals surface area contributed by atoms with Gasteiger partial charge in [0.1, 0.15) is 17.4 Å². The highest BCUT2D eigenvalue weighted by atomic mass is 35.5. The second-order valence-electron chi connectivity index (χ2n) is 7.36. The number of likely N-dealkylation sites (tertiary alicyclic amines) is 1. The summed E-state index contributed by atoms with van der Waals surface area (Å²) in [6.45, 7) is 1.50. The molecule has 9 heteroatoms. The first kappa shape index (κ1) is 22.4. The lowest BCUT2D eigenvalue weighted by molar-refractivity contribution is -0.117. The number of hydrogen-bond donors (Lipinski definition) is 1. The number of hydrogen-bond acceptors (Lipinski definition) is 5. The summed E-state index contributed by atoms with van der Waals surface area (Å²) in [6, 6.07) is 8.62. The number of halogens is 1. The Balaban J connectivity index is 1.62. The number of amides is 2. The summed E-state index contributed by atoms with van der Waals surface area (Å²) < 4.78 is 6.88. The van der Waals surface area contributed by atoms with E-state index in [1.807, 2.05) is 6.07 Å². The zero-order valence-electron chi connectivity index (χ0n) is 17.5. The molecule has 1 fully saturated rings. The van der Waals surface area contributed by atoms with Gasteiger partial charge in [-0.2, -0.15) is 10.4 Å². The number of nitrogens with zero attached hydrogens (tertiary/aromatic N) is 4. The van der Waals surface area contributed by atoms with E-state index < -0.39 is 5.91 Å². The maximum atomic E-state index is 13.0. The van der Waals surface area contributed by atoms with Crippen molar-refractivity contribution in [1.29, 1.82) is 5.26 Å². The summed E-state index contributed by atoms with van der Waals surface area (Å²) in [6.07, 6.45) is 4.81. The zero-order valence-corrected chi connectivity index (χ0v) is 18.2. The number of benzene rings is 1.